The van der Waals surface area contributed by atoms with Gasteiger partial charge in [-0.15, -0.1) is 0 Å². The molecule has 0 radical (unpaired) electrons. The lowest BCUT2D eigenvalue weighted by Gasteiger charge is -1.93. The average molecular weight is 189 g/mol. The van der Waals surface area contributed by atoms with E-state index in [-0.39, 0.29) is 0 Å². The highest BCUT2D eigenvalue weighted by atomic mass is 16.5. The normalized spacial score (nSPS) is 12.7. The van der Waals surface area contributed by atoms with Gasteiger partial charge in [0.1, 0.15) is 11.8 Å². The maximum Gasteiger partial charge on any atom is 0.165 e. The molecule has 14 heavy (non-hydrogen) atoms. The van der Waals surface area contributed by atoms with Crippen LogP contribution >= 0.6 is 0 Å². The zero-order valence-corrected chi connectivity index (χ0v) is 7.84. The SMILES string of the molecule is C[C@H](O)c1cc(-c2ccccc2)no1. The van der Waals surface area contributed by atoms with Gasteiger partial charge in [-0.3, -0.25) is 0 Å². The van der Waals surface area contributed by atoms with Crippen molar-refractivity contribution in [1.82, 2.24) is 5.16 Å². The number of nitrogens with zero attached hydrogens (tertiary/aromatic N) is 1. The molecule has 1 aromatic heterocycles. The van der Waals surface area contributed by atoms with Gasteiger partial charge in [0, 0.05) is 11.6 Å². The third-order valence-electron chi connectivity index (χ3n) is 2.01. The number of aromatic nitrogens is 1. The van der Waals surface area contributed by atoms with E-state index in [1.807, 2.05) is 30.3 Å². The predicted molar refractivity (Wildman–Crippen MR) is 52.6 cm³/mol. The zero-order chi connectivity index (χ0) is 9.97. The molecular weight excluding hydrogens is 178 g/mol. The van der Waals surface area contributed by atoms with Gasteiger partial charge in [-0.05, 0) is 6.92 Å². The summed E-state index contributed by atoms with van der Waals surface area (Å²) in [5.41, 5.74) is 1.74. The van der Waals surface area contributed by atoms with Gasteiger partial charge in [0.05, 0.1) is 0 Å². The highest BCUT2D eigenvalue weighted by Crippen LogP contribution is 2.21. The molecule has 0 spiro atoms. The third kappa shape index (κ3) is 1.67. The molecule has 1 heterocycles. The zero-order valence-electron chi connectivity index (χ0n) is 7.84. The summed E-state index contributed by atoms with van der Waals surface area (Å²) < 4.78 is 4.98. The van der Waals surface area contributed by atoms with Crippen molar-refractivity contribution in [2.24, 2.45) is 0 Å². The average Bonchev–Trinajstić information content (AvgIpc) is 2.68. The van der Waals surface area contributed by atoms with Crippen molar-refractivity contribution in [3.05, 3.63) is 42.2 Å². The maximum absolute atomic E-state index is 9.25. The van der Waals surface area contributed by atoms with Gasteiger partial charge in [0.2, 0.25) is 0 Å². The van der Waals surface area contributed by atoms with E-state index >= 15 is 0 Å². The molecule has 0 saturated heterocycles. The summed E-state index contributed by atoms with van der Waals surface area (Å²) in [4.78, 5) is 0. The summed E-state index contributed by atoms with van der Waals surface area (Å²) in [5.74, 6) is 0.490. The Labute approximate surface area is 82.0 Å². The fourth-order valence-corrected chi connectivity index (χ4v) is 1.23. The van der Waals surface area contributed by atoms with E-state index in [1.54, 1.807) is 13.0 Å². The van der Waals surface area contributed by atoms with E-state index in [2.05, 4.69) is 5.16 Å². The van der Waals surface area contributed by atoms with E-state index in [1.165, 1.54) is 0 Å². The fraction of sp³-hybridized carbons (Fsp3) is 0.182. The highest BCUT2D eigenvalue weighted by Gasteiger charge is 2.09. The molecule has 3 heteroatoms. The van der Waals surface area contributed by atoms with Crippen LogP contribution in [-0.2, 0) is 0 Å². The van der Waals surface area contributed by atoms with Gasteiger partial charge < -0.3 is 9.63 Å². The second kappa shape index (κ2) is 3.64. The monoisotopic (exact) mass is 189 g/mol. The molecule has 0 fully saturated rings. The molecule has 2 rings (SSSR count). The van der Waals surface area contributed by atoms with Gasteiger partial charge in [0.15, 0.2) is 5.76 Å². The molecule has 0 aliphatic rings. The molecule has 2 aromatic rings. The Morgan fingerprint density at radius 1 is 1.29 bits per heavy atom. The molecule has 0 saturated carbocycles. The van der Waals surface area contributed by atoms with Crippen molar-refractivity contribution in [1.29, 1.82) is 0 Å². The molecule has 72 valence electrons. The second-order valence-corrected chi connectivity index (χ2v) is 3.16. The van der Waals surface area contributed by atoms with Crippen molar-refractivity contribution in [3.63, 3.8) is 0 Å². The van der Waals surface area contributed by atoms with Gasteiger partial charge in [0.25, 0.3) is 0 Å². The van der Waals surface area contributed by atoms with Crippen LogP contribution in [0.5, 0.6) is 0 Å². The number of hydrogen-bond donors (Lipinski definition) is 1. The van der Waals surface area contributed by atoms with Crippen LogP contribution in [0.3, 0.4) is 0 Å². The maximum atomic E-state index is 9.25. The van der Waals surface area contributed by atoms with Crippen molar-refractivity contribution >= 4 is 0 Å². The molecule has 3 nitrogen and oxygen atoms in total. The predicted octanol–water partition coefficient (Wildman–Crippen LogP) is 2.39. The summed E-state index contributed by atoms with van der Waals surface area (Å²) in [6.07, 6.45) is -0.611. The Bertz CT molecular complexity index is 406. The van der Waals surface area contributed by atoms with Gasteiger partial charge in [-0.25, -0.2) is 0 Å². The molecule has 0 amide bonds. The Hall–Kier alpha value is -1.61. The molecule has 0 aliphatic carbocycles. The van der Waals surface area contributed by atoms with Crippen molar-refractivity contribution in [3.8, 4) is 11.3 Å². The number of benzene rings is 1. The molecule has 1 aromatic carbocycles. The summed E-state index contributed by atoms with van der Waals surface area (Å²) in [5, 5.41) is 13.1. The first kappa shape index (κ1) is 8.97. The van der Waals surface area contributed by atoms with Crippen LogP contribution in [0.15, 0.2) is 40.9 Å². The van der Waals surface area contributed by atoms with E-state index in [0.717, 1.165) is 11.3 Å². The number of aliphatic hydroxyl groups excluding tert-OH is 1. The molecular formula is C11H11NO2. The first-order valence-electron chi connectivity index (χ1n) is 4.47. The van der Waals surface area contributed by atoms with Crippen LogP contribution in [0.25, 0.3) is 11.3 Å². The van der Waals surface area contributed by atoms with E-state index in [0.29, 0.717) is 5.76 Å². The van der Waals surface area contributed by atoms with Crippen LogP contribution in [0.4, 0.5) is 0 Å². The standard InChI is InChI=1S/C11H11NO2/c1-8(13)11-7-10(12-14-11)9-5-3-2-4-6-9/h2-8,13H,1H3/t8-/m0/s1. The minimum absolute atomic E-state index is 0.490. The Balaban J connectivity index is 2.34. The molecule has 0 bridgehead atoms. The molecule has 0 unspecified atom stereocenters. The number of aliphatic hydroxyl groups is 1. The minimum Gasteiger partial charge on any atom is -0.385 e. The van der Waals surface area contributed by atoms with Crippen LogP contribution in [0, 0.1) is 0 Å². The van der Waals surface area contributed by atoms with Gasteiger partial charge in [-0.2, -0.15) is 0 Å². The van der Waals surface area contributed by atoms with Gasteiger partial charge in [-0.1, -0.05) is 35.5 Å². The summed E-state index contributed by atoms with van der Waals surface area (Å²) in [7, 11) is 0. The Morgan fingerprint density at radius 3 is 2.57 bits per heavy atom. The van der Waals surface area contributed by atoms with Crippen LogP contribution < -0.4 is 0 Å². The lowest BCUT2D eigenvalue weighted by Crippen LogP contribution is -1.85. The summed E-state index contributed by atoms with van der Waals surface area (Å²) in [6, 6.07) is 11.5. The smallest absolute Gasteiger partial charge is 0.165 e. The number of rotatable bonds is 2. The van der Waals surface area contributed by atoms with Crippen LogP contribution in [0.2, 0.25) is 0 Å². The number of hydrogen-bond acceptors (Lipinski definition) is 3. The van der Waals surface area contributed by atoms with Crippen molar-refractivity contribution < 1.29 is 9.63 Å². The topological polar surface area (TPSA) is 46.3 Å². The fourth-order valence-electron chi connectivity index (χ4n) is 1.23. The molecule has 1 N–H and O–H groups in total. The summed E-state index contributed by atoms with van der Waals surface area (Å²) in [6.45, 7) is 1.65. The van der Waals surface area contributed by atoms with Crippen molar-refractivity contribution in [2.45, 2.75) is 13.0 Å². The quantitative estimate of drug-likeness (QED) is 0.789. The lowest BCUT2D eigenvalue weighted by atomic mass is 10.1. The van der Waals surface area contributed by atoms with Crippen molar-refractivity contribution in [2.75, 3.05) is 0 Å². The first-order chi connectivity index (χ1) is 6.77. The highest BCUT2D eigenvalue weighted by molar-refractivity contribution is 5.58. The Kier molecular flexibility index (Phi) is 2.33. The van der Waals surface area contributed by atoms with Crippen LogP contribution in [0.1, 0.15) is 18.8 Å². The van der Waals surface area contributed by atoms with E-state index in [4.69, 9.17) is 4.52 Å². The van der Waals surface area contributed by atoms with E-state index in [9.17, 15) is 5.11 Å². The largest absolute Gasteiger partial charge is 0.385 e. The second-order valence-electron chi connectivity index (χ2n) is 3.16. The molecule has 1 atom stereocenters. The third-order valence-corrected chi connectivity index (χ3v) is 2.01. The van der Waals surface area contributed by atoms with Crippen LogP contribution in [-0.4, -0.2) is 10.3 Å². The minimum atomic E-state index is -0.611. The van der Waals surface area contributed by atoms with Gasteiger partial charge >= 0.3 is 0 Å². The van der Waals surface area contributed by atoms with E-state index < -0.39 is 6.10 Å². The molecule has 0 aliphatic heterocycles. The Morgan fingerprint density at radius 2 is 2.00 bits per heavy atom. The first-order valence-corrected chi connectivity index (χ1v) is 4.47. The lowest BCUT2D eigenvalue weighted by molar-refractivity contribution is 0.158. The summed E-state index contributed by atoms with van der Waals surface area (Å²) >= 11 is 0.